The maximum absolute atomic E-state index is 10.7. The second kappa shape index (κ2) is 7.02. The third kappa shape index (κ3) is 3.63. The molecule has 0 saturated carbocycles. The third-order valence-corrected chi connectivity index (χ3v) is 2.86. The number of rotatable bonds is 7. The summed E-state index contributed by atoms with van der Waals surface area (Å²) in [5, 5.41) is 0. The van der Waals surface area contributed by atoms with Gasteiger partial charge in [0.05, 0.1) is 20.3 Å². The monoisotopic (exact) mass is 266 g/mol. The van der Waals surface area contributed by atoms with Crippen LogP contribution in [0.5, 0.6) is 17.2 Å². The highest BCUT2D eigenvalue weighted by Crippen LogP contribution is 2.43. The van der Waals surface area contributed by atoms with E-state index in [2.05, 4.69) is 0 Å². The molecule has 0 heterocycles. The van der Waals surface area contributed by atoms with Crippen LogP contribution in [0.2, 0.25) is 0 Å². The lowest BCUT2D eigenvalue weighted by Crippen LogP contribution is -2.10. The molecule has 1 unspecified atom stereocenters. The molecule has 0 aromatic heterocycles. The second-order valence-electron chi connectivity index (χ2n) is 4.69. The van der Waals surface area contributed by atoms with Crippen molar-refractivity contribution in [1.29, 1.82) is 0 Å². The molecule has 1 aromatic rings. The molecule has 0 bridgehead atoms. The summed E-state index contributed by atoms with van der Waals surface area (Å²) in [6, 6.07) is 3.76. The van der Waals surface area contributed by atoms with Crippen LogP contribution in [-0.2, 0) is 4.79 Å². The Hall–Kier alpha value is -1.71. The molecule has 0 spiro atoms. The lowest BCUT2D eigenvalue weighted by atomic mass is 9.96. The van der Waals surface area contributed by atoms with Crippen LogP contribution < -0.4 is 14.2 Å². The number of carbonyl (C=O) groups excluding carboxylic acids is 1. The Morgan fingerprint density at radius 3 is 2.26 bits per heavy atom. The van der Waals surface area contributed by atoms with Crippen molar-refractivity contribution in [1.82, 2.24) is 0 Å². The van der Waals surface area contributed by atoms with Gasteiger partial charge >= 0.3 is 0 Å². The zero-order valence-corrected chi connectivity index (χ0v) is 12.2. The molecule has 0 aliphatic carbocycles. The van der Waals surface area contributed by atoms with E-state index < -0.39 is 0 Å². The fourth-order valence-corrected chi connectivity index (χ4v) is 1.93. The molecule has 1 rings (SSSR count). The molecule has 1 aromatic carbocycles. The Balaban J connectivity index is 3.32. The highest BCUT2D eigenvalue weighted by atomic mass is 16.5. The van der Waals surface area contributed by atoms with E-state index in [1.54, 1.807) is 14.2 Å². The normalized spacial score (nSPS) is 12.1. The maximum atomic E-state index is 10.7. The van der Waals surface area contributed by atoms with E-state index in [0.29, 0.717) is 23.7 Å². The van der Waals surface area contributed by atoms with Gasteiger partial charge in [0, 0.05) is 12.0 Å². The molecule has 1 atom stereocenters. The summed E-state index contributed by atoms with van der Waals surface area (Å²) in [5.74, 6) is 1.93. The van der Waals surface area contributed by atoms with Gasteiger partial charge in [0.15, 0.2) is 11.5 Å². The van der Waals surface area contributed by atoms with Crippen molar-refractivity contribution < 1.29 is 19.0 Å². The molecule has 0 aliphatic heterocycles. The minimum atomic E-state index is 0.0168. The van der Waals surface area contributed by atoms with Gasteiger partial charge in [-0.05, 0) is 25.8 Å². The molecule has 0 saturated heterocycles. The molecule has 0 fully saturated rings. The van der Waals surface area contributed by atoms with Gasteiger partial charge in [0.25, 0.3) is 0 Å². The van der Waals surface area contributed by atoms with Crippen LogP contribution in [0.15, 0.2) is 12.1 Å². The zero-order valence-electron chi connectivity index (χ0n) is 12.2. The van der Waals surface area contributed by atoms with Gasteiger partial charge in [0.2, 0.25) is 5.75 Å². The Bertz CT molecular complexity index is 426. The predicted octanol–water partition coefficient (Wildman–Crippen LogP) is 3.18. The fourth-order valence-electron chi connectivity index (χ4n) is 1.93. The minimum Gasteiger partial charge on any atom is -0.493 e. The van der Waals surface area contributed by atoms with Crippen molar-refractivity contribution >= 4 is 6.29 Å². The number of methoxy groups -OCH3 is 2. The van der Waals surface area contributed by atoms with Crippen LogP contribution in [0.25, 0.3) is 0 Å². The van der Waals surface area contributed by atoms with Crippen LogP contribution >= 0.6 is 0 Å². The minimum absolute atomic E-state index is 0.0168. The van der Waals surface area contributed by atoms with E-state index in [1.165, 1.54) is 0 Å². The highest BCUT2D eigenvalue weighted by Gasteiger charge is 2.20. The SMILES string of the molecule is COc1ccc(C(C)CC=O)c(OC(C)C)c1OC. The van der Waals surface area contributed by atoms with Crippen molar-refractivity contribution in [2.75, 3.05) is 14.2 Å². The molecule has 0 N–H and O–H groups in total. The molecule has 4 nitrogen and oxygen atoms in total. The van der Waals surface area contributed by atoms with Crippen molar-refractivity contribution in [2.24, 2.45) is 0 Å². The summed E-state index contributed by atoms with van der Waals surface area (Å²) in [4.78, 5) is 10.7. The molecule has 106 valence electrons. The topological polar surface area (TPSA) is 44.8 Å². The Labute approximate surface area is 114 Å². The van der Waals surface area contributed by atoms with Crippen LogP contribution in [0.4, 0.5) is 0 Å². The van der Waals surface area contributed by atoms with E-state index in [1.807, 2.05) is 32.9 Å². The molecule has 0 amide bonds. The first-order valence-corrected chi connectivity index (χ1v) is 6.40. The summed E-state index contributed by atoms with van der Waals surface area (Å²) in [7, 11) is 3.17. The lowest BCUT2D eigenvalue weighted by molar-refractivity contribution is -0.108. The van der Waals surface area contributed by atoms with Gasteiger partial charge in [-0.15, -0.1) is 0 Å². The average molecular weight is 266 g/mol. The summed E-state index contributed by atoms with van der Waals surface area (Å²) >= 11 is 0. The van der Waals surface area contributed by atoms with Gasteiger partial charge in [-0.25, -0.2) is 0 Å². The number of carbonyl (C=O) groups is 1. The maximum Gasteiger partial charge on any atom is 0.203 e. The van der Waals surface area contributed by atoms with Crippen molar-refractivity contribution in [3.63, 3.8) is 0 Å². The van der Waals surface area contributed by atoms with E-state index in [9.17, 15) is 4.79 Å². The number of hydrogen-bond donors (Lipinski definition) is 0. The molecule has 19 heavy (non-hydrogen) atoms. The molecular formula is C15H22O4. The molecule has 0 radical (unpaired) electrons. The number of aldehydes is 1. The van der Waals surface area contributed by atoms with Gasteiger partial charge < -0.3 is 19.0 Å². The van der Waals surface area contributed by atoms with E-state index in [4.69, 9.17) is 14.2 Å². The third-order valence-electron chi connectivity index (χ3n) is 2.86. The Kier molecular flexibility index (Phi) is 5.67. The number of benzene rings is 1. The lowest BCUT2D eigenvalue weighted by Gasteiger charge is -2.21. The first-order chi connectivity index (χ1) is 9.04. The van der Waals surface area contributed by atoms with Crippen LogP contribution in [0, 0.1) is 0 Å². The molecule has 0 aliphatic rings. The van der Waals surface area contributed by atoms with E-state index in [0.717, 1.165) is 11.8 Å². The van der Waals surface area contributed by atoms with Gasteiger partial charge in [-0.1, -0.05) is 13.0 Å². The van der Waals surface area contributed by atoms with Gasteiger partial charge in [0.1, 0.15) is 6.29 Å². The predicted molar refractivity (Wildman–Crippen MR) is 74.4 cm³/mol. The number of hydrogen-bond acceptors (Lipinski definition) is 4. The summed E-state index contributed by atoms with van der Waals surface area (Å²) < 4.78 is 16.5. The summed E-state index contributed by atoms with van der Waals surface area (Å²) in [5.41, 5.74) is 0.957. The van der Waals surface area contributed by atoms with Crippen LogP contribution in [0.1, 0.15) is 38.7 Å². The molecular weight excluding hydrogens is 244 g/mol. The Morgan fingerprint density at radius 2 is 1.79 bits per heavy atom. The quantitative estimate of drug-likeness (QED) is 0.711. The fraction of sp³-hybridized carbons (Fsp3) is 0.533. The van der Waals surface area contributed by atoms with Crippen LogP contribution in [0.3, 0.4) is 0 Å². The summed E-state index contributed by atoms with van der Waals surface area (Å²) in [6.45, 7) is 5.89. The average Bonchev–Trinajstić information content (AvgIpc) is 2.37. The van der Waals surface area contributed by atoms with Gasteiger partial charge in [-0.2, -0.15) is 0 Å². The van der Waals surface area contributed by atoms with Crippen molar-refractivity contribution in [3.8, 4) is 17.2 Å². The highest BCUT2D eigenvalue weighted by molar-refractivity contribution is 5.59. The second-order valence-corrected chi connectivity index (χ2v) is 4.69. The van der Waals surface area contributed by atoms with E-state index in [-0.39, 0.29) is 12.0 Å². The number of ether oxygens (including phenoxy) is 3. The first-order valence-electron chi connectivity index (χ1n) is 6.40. The Morgan fingerprint density at radius 1 is 1.11 bits per heavy atom. The van der Waals surface area contributed by atoms with E-state index >= 15 is 0 Å². The van der Waals surface area contributed by atoms with Crippen molar-refractivity contribution in [2.45, 2.75) is 39.2 Å². The smallest absolute Gasteiger partial charge is 0.203 e. The largest absolute Gasteiger partial charge is 0.493 e. The first kappa shape index (κ1) is 15.3. The van der Waals surface area contributed by atoms with Gasteiger partial charge in [-0.3, -0.25) is 0 Å². The van der Waals surface area contributed by atoms with Crippen LogP contribution in [-0.4, -0.2) is 26.6 Å². The standard InChI is InChI=1S/C15H22O4/c1-10(2)19-14-12(11(3)8-9-16)6-7-13(17-4)15(14)18-5/h6-7,9-11H,8H2,1-5H3. The zero-order chi connectivity index (χ0) is 14.4. The summed E-state index contributed by atoms with van der Waals surface area (Å²) in [6.07, 6.45) is 1.38. The van der Waals surface area contributed by atoms with Crippen molar-refractivity contribution in [3.05, 3.63) is 17.7 Å². The molecule has 4 heteroatoms.